The lowest BCUT2D eigenvalue weighted by Gasteiger charge is -2.01. The van der Waals surface area contributed by atoms with E-state index in [2.05, 4.69) is 10.5 Å². The molecule has 0 atom stereocenters. The predicted molar refractivity (Wildman–Crippen MR) is 73.9 cm³/mol. The van der Waals surface area contributed by atoms with Gasteiger partial charge in [0, 0.05) is 0 Å². The summed E-state index contributed by atoms with van der Waals surface area (Å²) in [6.07, 6.45) is 0.314. The van der Waals surface area contributed by atoms with Gasteiger partial charge in [-0.2, -0.15) is 5.10 Å². The van der Waals surface area contributed by atoms with Gasteiger partial charge in [-0.3, -0.25) is 4.79 Å². The molecule has 0 unspecified atom stereocenters. The number of benzene rings is 1. The van der Waals surface area contributed by atoms with Crippen LogP contribution in [0, 0.1) is 6.92 Å². The lowest BCUT2D eigenvalue weighted by Crippen LogP contribution is -2.21. The largest absolute Gasteiger partial charge is 0.460 e. The van der Waals surface area contributed by atoms with Crippen LogP contribution >= 0.6 is 0 Å². The number of rotatable bonds is 4. The highest BCUT2D eigenvalue weighted by Crippen LogP contribution is 2.07. The van der Waals surface area contributed by atoms with Crippen LogP contribution in [0.25, 0.3) is 0 Å². The second-order valence-electron chi connectivity index (χ2n) is 4.30. The van der Waals surface area contributed by atoms with E-state index < -0.39 is 0 Å². The van der Waals surface area contributed by atoms with Gasteiger partial charge in [0.15, 0.2) is 0 Å². The van der Waals surface area contributed by atoms with Crippen LogP contribution in [0.1, 0.15) is 24.0 Å². The zero-order valence-corrected chi connectivity index (χ0v) is 11.0. The standard InChI is InChI=1S/C15H16N2O2/c1-11-8-9-14(19-11)12(2)16-17-15(18)10-13-6-4-3-5-7-13/h3-9H,10H2,1-2H3,(H,17,18). The molecule has 0 aliphatic heterocycles. The van der Waals surface area contributed by atoms with Crippen molar-refractivity contribution in [3.05, 3.63) is 59.5 Å². The first-order chi connectivity index (χ1) is 9.15. The van der Waals surface area contributed by atoms with Crippen LogP contribution in [0.4, 0.5) is 0 Å². The van der Waals surface area contributed by atoms with Crippen LogP contribution < -0.4 is 5.43 Å². The van der Waals surface area contributed by atoms with E-state index in [-0.39, 0.29) is 5.91 Å². The maximum Gasteiger partial charge on any atom is 0.244 e. The van der Waals surface area contributed by atoms with Crippen LogP contribution in [0.3, 0.4) is 0 Å². The van der Waals surface area contributed by atoms with E-state index in [1.807, 2.05) is 49.4 Å². The van der Waals surface area contributed by atoms with E-state index in [1.165, 1.54) is 0 Å². The minimum atomic E-state index is -0.145. The van der Waals surface area contributed by atoms with Gasteiger partial charge < -0.3 is 4.42 Å². The first kappa shape index (κ1) is 13.1. The van der Waals surface area contributed by atoms with E-state index in [4.69, 9.17) is 4.42 Å². The summed E-state index contributed by atoms with van der Waals surface area (Å²) < 4.78 is 5.41. The van der Waals surface area contributed by atoms with Gasteiger partial charge in [0.05, 0.1) is 6.42 Å². The molecule has 0 radical (unpaired) electrons. The van der Waals surface area contributed by atoms with Gasteiger partial charge in [-0.15, -0.1) is 0 Å². The fourth-order valence-corrected chi connectivity index (χ4v) is 1.65. The summed E-state index contributed by atoms with van der Waals surface area (Å²) in [5, 5.41) is 4.03. The van der Waals surface area contributed by atoms with Crippen molar-refractivity contribution in [1.82, 2.24) is 5.43 Å². The Morgan fingerprint density at radius 2 is 1.95 bits per heavy atom. The van der Waals surface area contributed by atoms with Crippen molar-refractivity contribution >= 4 is 11.6 Å². The topological polar surface area (TPSA) is 54.6 Å². The summed E-state index contributed by atoms with van der Waals surface area (Å²) in [6, 6.07) is 13.2. The third-order valence-corrected chi connectivity index (χ3v) is 2.65. The minimum absolute atomic E-state index is 0.145. The molecule has 0 aliphatic carbocycles. The molecular formula is C15H16N2O2. The molecule has 0 aliphatic rings. The number of carbonyl (C=O) groups is 1. The molecule has 1 heterocycles. The molecule has 2 aromatic rings. The van der Waals surface area contributed by atoms with Gasteiger partial charge in [-0.1, -0.05) is 30.3 Å². The Balaban J connectivity index is 1.93. The van der Waals surface area contributed by atoms with Crippen LogP contribution in [0.5, 0.6) is 0 Å². The Morgan fingerprint density at radius 1 is 1.21 bits per heavy atom. The van der Waals surface area contributed by atoms with Crippen molar-refractivity contribution in [2.45, 2.75) is 20.3 Å². The second kappa shape index (κ2) is 6.00. The number of carbonyl (C=O) groups excluding carboxylic acids is 1. The number of amides is 1. The van der Waals surface area contributed by atoms with Crippen molar-refractivity contribution in [2.24, 2.45) is 5.10 Å². The number of furan rings is 1. The highest BCUT2D eigenvalue weighted by Gasteiger charge is 2.05. The molecule has 2 rings (SSSR count). The average Bonchev–Trinajstić information content (AvgIpc) is 2.84. The molecular weight excluding hydrogens is 240 g/mol. The number of aryl methyl sites for hydroxylation is 1. The molecule has 0 spiro atoms. The number of hydrazone groups is 1. The molecule has 1 N–H and O–H groups in total. The zero-order chi connectivity index (χ0) is 13.7. The first-order valence-corrected chi connectivity index (χ1v) is 6.09. The van der Waals surface area contributed by atoms with Gasteiger partial charge in [0.25, 0.3) is 0 Å². The third kappa shape index (κ3) is 3.81. The van der Waals surface area contributed by atoms with E-state index >= 15 is 0 Å². The van der Waals surface area contributed by atoms with E-state index in [9.17, 15) is 4.79 Å². The predicted octanol–water partition coefficient (Wildman–Crippen LogP) is 2.67. The van der Waals surface area contributed by atoms with Gasteiger partial charge in [0.1, 0.15) is 17.2 Å². The summed E-state index contributed by atoms with van der Waals surface area (Å²) in [6.45, 7) is 3.66. The van der Waals surface area contributed by atoms with Gasteiger partial charge >= 0.3 is 0 Å². The summed E-state index contributed by atoms with van der Waals surface area (Å²) in [5.41, 5.74) is 4.14. The van der Waals surface area contributed by atoms with Gasteiger partial charge in [-0.25, -0.2) is 5.43 Å². The minimum Gasteiger partial charge on any atom is -0.460 e. The van der Waals surface area contributed by atoms with Gasteiger partial charge in [-0.05, 0) is 31.5 Å². The van der Waals surface area contributed by atoms with Crippen LogP contribution in [-0.2, 0) is 11.2 Å². The monoisotopic (exact) mass is 256 g/mol. The van der Waals surface area contributed by atoms with Crippen LogP contribution in [0.15, 0.2) is 52.0 Å². The smallest absolute Gasteiger partial charge is 0.244 e. The molecule has 0 fully saturated rings. The zero-order valence-electron chi connectivity index (χ0n) is 11.0. The molecule has 1 amide bonds. The number of hydrogen-bond acceptors (Lipinski definition) is 3. The quantitative estimate of drug-likeness (QED) is 0.675. The number of nitrogens with zero attached hydrogens (tertiary/aromatic N) is 1. The molecule has 4 nitrogen and oxygen atoms in total. The van der Waals surface area contributed by atoms with Crippen molar-refractivity contribution in [1.29, 1.82) is 0 Å². The van der Waals surface area contributed by atoms with E-state index in [1.54, 1.807) is 6.92 Å². The summed E-state index contributed by atoms with van der Waals surface area (Å²) in [7, 11) is 0. The van der Waals surface area contributed by atoms with Crippen LogP contribution in [-0.4, -0.2) is 11.6 Å². The van der Waals surface area contributed by atoms with Crippen molar-refractivity contribution in [3.8, 4) is 0 Å². The highest BCUT2D eigenvalue weighted by molar-refractivity contribution is 5.96. The van der Waals surface area contributed by atoms with Crippen LogP contribution in [0.2, 0.25) is 0 Å². The SMILES string of the molecule is CC(=NNC(=O)Cc1ccccc1)c1ccc(C)o1. The van der Waals surface area contributed by atoms with Crippen molar-refractivity contribution in [2.75, 3.05) is 0 Å². The molecule has 1 aromatic carbocycles. The maximum atomic E-state index is 11.7. The molecule has 0 bridgehead atoms. The van der Waals surface area contributed by atoms with E-state index in [0.29, 0.717) is 17.9 Å². The second-order valence-corrected chi connectivity index (χ2v) is 4.30. The summed E-state index contributed by atoms with van der Waals surface area (Å²) in [4.78, 5) is 11.7. The van der Waals surface area contributed by atoms with Gasteiger partial charge in [0.2, 0.25) is 5.91 Å². The van der Waals surface area contributed by atoms with E-state index in [0.717, 1.165) is 11.3 Å². The Morgan fingerprint density at radius 3 is 2.58 bits per heavy atom. The fraction of sp³-hybridized carbons (Fsp3) is 0.200. The Hall–Kier alpha value is -2.36. The number of nitrogens with one attached hydrogen (secondary N) is 1. The molecule has 4 heteroatoms. The lowest BCUT2D eigenvalue weighted by molar-refractivity contribution is -0.120. The fourth-order valence-electron chi connectivity index (χ4n) is 1.65. The Bertz CT molecular complexity index is 585. The average molecular weight is 256 g/mol. The van der Waals surface area contributed by atoms with Crippen molar-refractivity contribution < 1.29 is 9.21 Å². The Labute approximate surface area is 112 Å². The normalized spacial score (nSPS) is 11.4. The Kier molecular flexibility index (Phi) is 4.13. The molecule has 0 saturated carbocycles. The van der Waals surface area contributed by atoms with Crippen molar-refractivity contribution in [3.63, 3.8) is 0 Å². The molecule has 98 valence electrons. The molecule has 19 heavy (non-hydrogen) atoms. The number of hydrogen-bond donors (Lipinski definition) is 1. The first-order valence-electron chi connectivity index (χ1n) is 6.09. The lowest BCUT2D eigenvalue weighted by atomic mass is 10.1. The highest BCUT2D eigenvalue weighted by atomic mass is 16.3. The summed E-state index contributed by atoms with van der Waals surface area (Å²) in [5.74, 6) is 1.34. The summed E-state index contributed by atoms with van der Waals surface area (Å²) >= 11 is 0. The molecule has 1 aromatic heterocycles. The molecule has 0 saturated heterocycles. The third-order valence-electron chi connectivity index (χ3n) is 2.65. The maximum absolute atomic E-state index is 11.7.